The predicted octanol–water partition coefficient (Wildman–Crippen LogP) is 2.50. The molecule has 3 heterocycles. The number of fused-ring (bicyclic) bond motifs is 1. The molecule has 4 heteroatoms. The van der Waals surface area contributed by atoms with E-state index < -0.39 is 0 Å². The van der Waals surface area contributed by atoms with E-state index in [1.165, 1.54) is 0 Å². The fourth-order valence-corrected chi connectivity index (χ4v) is 2.42. The third kappa shape index (κ3) is 1.30. The highest BCUT2D eigenvalue weighted by Crippen LogP contribution is 2.36. The van der Waals surface area contributed by atoms with Crippen molar-refractivity contribution >= 4 is 34.0 Å². The van der Waals surface area contributed by atoms with Crippen LogP contribution in [-0.2, 0) is 4.79 Å². The molecular weight excluding hydrogens is 208 g/mol. The quantitative estimate of drug-likeness (QED) is 0.730. The smallest absolute Gasteiger partial charge is 0.258 e. The maximum atomic E-state index is 11.6. The normalized spacial score (nSPS) is 16.8. The van der Waals surface area contributed by atoms with E-state index in [2.05, 4.69) is 5.32 Å². The number of amides is 1. The first-order chi connectivity index (χ1) is 7.34. The maximum absolute atomic E-state index is 11.6. The van der Waals surface area contributed by atoms with Crippen LogP contribution >= 0.6 is 11.3 Å². The second kappa shape index (κ2) is 3.10. The number of rotatable bonds is 1. The average molecular weight is 216 g/mol. The van der Waals surface area contributed by atoms with E-state index in [1.807, 2.05) is 46.7 Å². The number of aromatic nitrogens is 1. The summed E-state index contributed by atoms with van der Waals surface area (Å²) in [5.41, 5.74) is 1.72. The molecule has 0 unspecified atom stereocenters. The highest BCUT2D eigenvalue weighted by Gasteiger charge is 2.24. The van der Waals surface area contributed by atoms with Crippen molar-refractivity contribution in [2.45, 2.75) is 0 Å². The summed E-state index contributed by atoms with van der Waals surface area (Å²) in [6.45, 7) is 0. The highest BCUT2D eigenvalue weighted by molar-refractivity contribution is 7.15. The zero-order valence-corrected chi connectivity index (χ0v) is 8.62. The molecule has 3 nitrogen and oxygen atoms in total. The molecule has 0 spiro atoms. The third-order valence-corrected chi connectivity index (χ3v) is 3.16. The number of carbonyl (C=O) groups excluding carboxylic acids is 1. The number of nitrogens with zero attached hydrogens (tertiary/aromatic N) is 1. The van der Waals surface area contributed by atoms with Crippen LogP contribution in [0.3, 0.4) is 0 Å². The van der Waals surface area contributed by atoms with Crippen LogP contribution in [0.2, 0.25) is 0 Å². The van der Waals surface area contributed by atoms with E-state index in [9.17, 15) is 4.79 Å². The number of hydrogen-bond donors (Lipinski definition) is 1. The van der Waals surface area contributed by atoms with E-state index in [1.54, 1.807) is 11.3 Å². The summed E-state index contributed by atoms with van der Waals surface area (Å²) >= 11 is 1.55. The van der Waals surface area contributed by atoms with Gasteiger partial charge in [-0.2, -0.15) is 0 Å². The topological polar surface area (TPSA) is 34.0 Å². The Morgan fingerprint density at radius 2 is 2.13 bits per heavy atom. The van der Waals surface area contributed by atoms with Crippen molar-refractivity contribution in [1.29, 1.82) is 0 Å². The Hall–Kier alpha value is -1.81. The van der Waals surface area contributed by atoms with Gasteiger partial charge in [0.15, 0.2) is 0 Å². The summed E-state index contributed by atoms with van der Waals surface area (Å²) in [6, 6.07) is 5.82. The first-order valence-corrected chi connectivity index (χ1v) is 5.46. The Morgan fingerprint density at radius 1 is 1.33 bits per heavy atom. The van der Waals surface area contributed by atoms with Crippen molar-refractivity contribution in [3.05, 3.63) is 41.5 Å². The van der Waals surface area contributed by atoms with Gasteiger partial charge in [-0.05, 0) is 23.6 Å². The second-order valence-corrected chi connectivity index (χ2v) is 4.21. The van der Waals surface area contributed by atoms with Gasteiger partial charge in [0, 0.05) is 24.2 Å². The Balaban J connectivity index is 2.10. The van der Waals surface area contributed by atoms with Crippen molar-refractivity contribution < 1.29 is 4.79 Å². The van der Waals surface area contributed by atoms with Gasteiger partial charge in [0.1, 0.15) is 5.00 Å². The number of thiophene rings is 1. The largest absolute Gasteiger partial charge is 0.330 e. The molecule has 0 saturated heterocycles. The van der Waals surface area contributed by atoms with Gasteiger partial charge < -0.3 is 9.88 Å². The number of nitrogens with one attached hydrogen (secondary N) is 1. The van der Waals surface area contributed by atoms with Crippen LogP contribution in [-0.4, -0.2) is 10.5 Å². The third-order valence-electron chi connectivity index (χ3n) is 2.33. The molecule has 3 rings (SSSR count). The molecule has 0 bridgehead atoms. The molecule has 1 aliphatic heterocycles. The van der Waals surface area contributed by atoms with Gasteiger partial charge in [-0.3, -0.25) is 4.79 Å². The lowest BCUT2D eigenvalue weighted by Crippen LogP contribution is -2.04. The first kappa shape index (κ1) is 8.49. The van der Waals surface area contributed by atoms with Crippen molar-refractivity contribution in [2.24, 2.45) is 0 Å². The van der Waals surface area contributed by atoms with Gasteiger partial charge in [0.25, 0.3) is 5.91 Å². The molecule has 1 aliphatic rings. The van der Waals surface area contributed by atoms with Crippen molar-refractivity contribution in [3.8, 4) is 0 Å². The summed E-state index contributed by atoms with van der Waals surface area (Å²) in [5.74, 6) is -0.0226. The molecule has 0 aromatic carbocycles. The second-order valence-electron chi connectivity index (χ2n) is 3.29. The van der Waals surface area contributed by atoms with Crippen LogP contribution in [0.5, 0.6) is 0 Å². The summed E-state index contributed by atoms with van der Waals surface area (Å²) in [5, 5.41) is 5.76. The zero-order chi connectivity index (χ0) is 10.3. The van der Waals surface area contributed by atoms with Crippen molar-refractivity contribution in [1.82, 2.24) is 4.57 Å². The van der Waals surface area contributed by atoms with E-state index in [-0.39, 0.29) is 5.91 Å². The van der Waals surface area contributed by atoms with Crippen molar-refractivity contribution in [2.75, 3.05) is 5.32 Å². The minimum absolute atomic E-state index is 0.0226. The molecule has 15 heavy (non-hydrogen) atoms. The number of carbonyl (C=O) groups is 1. The summed E-state index contributed by atoms with van der Waals surface area (Å²) < 4.78 is 1.88. The molecule has 0 saturated carbocycles. The molecule has 0 radical (unpaired) electrons. The van der Waals surface area contributed by atoms with E-state index in [0.717, 1.165) is 16.1 Å². The van der Waals surface area contributed by atoms with Crippen LogP contribution in [0.1, 0.15) is 5.56 Å². The van der Waals surface area contributed by atoms with E-state index in [4.69, 9.17) is 0 Å². The Morgan fingerprint density at radius 3 is 2.93 bits per heavy atom. The van der Waals surface area contributed by atoms with Crippen LogP contribution in [0.15, 0.2) is 36.0 Å². The predicted molar refractivity (Wildman–Crippen MR) is 61.5 cm³/mol. The summed E-state index contributed by atoms with van der Waals surface area (Å²) in [7, 11) is 0. The van der Waals surface area contributed by atoms with Gasteiger partial charge in [0.05, 0.1) is 5.57 Å². The van der Waals surface area contributed by atoms with Gasteiger partial charge in [-0.1, -0.05) is 0 Å². The average Bonchev–Trinajstić information content (AvgIpc) is 2.86. The Bertz CT molecular complexity index is 537. The van der Waals surface area contributed by atoms with Crippen LogP contribution in [0.4, 0.5) is 5.00 Å². The minimum atomic E-state index is -0.0226. The molecule has 2 aromatic heterocycles. The van der Waals surface area contributed by atoms with Gasteiger partial charge in [-0.15, -0.1) is 11.3 Å². The van der Waals surface area contributed by atoms with Crippen LogP contribution in [0, 0.1) is 0 Å². The van der Waals surface area contributed by atoms with Gasteiger partial charge in [0.2, 0.25) is 0 Å². The summed E-state index contributed by atoms with van der Waals surface area (Å²) in [4.78, 5) is 11.6. The van der Waals surface area contributed by atoms with E-state index >= 15 is 0 Å². The maximum Gasteiger partial charge on any atom is 0.258 e. The molecule has 1 N–H and O–H groups in total. The fourth-order valence-electron chi connectivity index (χ4n) is 1.62. The minimum Gasteiger partial charge on any atom is -0.330 e. The molecule has 0 fully saturated rings. The Labute approximate surface area is 90.7 Å². The summed E-state index contributed by atoms with van der Waals surface area (Å²) in [6.07, 6.45) is 5.66. The van der Waals surface area contributed by atoms with Crippen LogP contribution in [0.25, 0.3) is 11.8 Å². The lowest BCUT2D eigenvalue weighted by molar-refractivity contribution is -0.110. The number of hydrogen-bond acceptors (Lipinski definition) is 2. The molecule has 74 valence electrons. The lowest BCUT2D eigenvalue weighted by atomic mass is 10.2. The lowest BCUT2D eigenvalue weighted by Gasteiger charge is -1.96. The molecule has 2 aromatic rings. The first-order valence-electron chi connectivity index (χ1n) is 4.58. The SMILES string of the molecule is O=C1Nc2sccc2C1=Cn1cccc1. The molecular formula is C11H8N2OS. The van der Waals surface area contributed by atoms with Crippen molar-refractivity contribution in [3.63, 3.8) is 0 Å². The van der Waals surface area contributed by atoms with Gasteiger partial charge in [-0.25, -0.2) is 0 Å². The number of anilines is 1. The standard InChI is InChI=1S/C11H8N2OS/c14-10-9(7-13-4-1-2-5-13)8-3-6-15-11(8)12-10/h1-7H,(H,12,14). The van der Waals surface area contributed by atoms with E-state index in [0.29, 0.717) is 0 Å². The van der Waals surface area contributed by atoms with Gasteiger partial charge >= 0.3 is 0 Å². The Kier molecular flexibility index (Phi) is 1.76. The highest BCUT2D eigenvalue weighted by atomic mass is 32.1. The monoisotopic (exact) mass is 216 g/mol. The fraction of sp³-hybridized carbons (Fsp3) is 0. The zero-order valence-electron chi connectivity index (χ0n) is 7.81. The molecule has 0 aliphatic carbocycles. The van der Waals surface area contributed by atoms with Crippen LogP contribution < -0.4 is 5.32 Å². The molecule has 0 atom stereocenters. The molecule has 1 amide bonds.